The smallest absolute Gasteiger partial charge is 0.0355 e. The van der Waals surface area contributed by atoms with Crippen LogP contribution in [0.1, 0.15) is 0 Å². The van der Waals surface area contributed by atoms with Gasteiger partial charge in [-0.2, -0.15) is 0 Å². The van der Waals surface area contributed by atoms with E-state index in [1.165, 1.54) is 118 Å². The van der Waals surface area contributed by atoms with Crippen LogP contribution in [-0.4, -0.2) is 0 Å². The van der Waals surface area contributed by atoms with E-state index in [1.54, 1.807) is 0 Å². The number of hydrogen-bond acceptors (Lipinski definition) is 2. The van der Waals surface area contributed by atoms with Gasteiger partial charge < -0.3 is 0 Å². The van der Waals surface area contributed by atoms with Crippen LogP contribution < -0.4 is 0 Å². The summed E-state index contributed by atoms with van der Waals surface area (Å²) < 4.78 is 5.30. The molecule has 11 aromatic rings. The summed E-state index contributed by atoms with van der Waals surface area (Å²) in [5.41, 5.74) is 17.4. The van der Waals surface area contributed by atoms with Gasteiger partial charge in [-0.3, -0.25) is 0 Å². The topological polar surface area (TPSA) is 0 Å². The Labute approximate surface area is 333 Å². The predicted octanol–water partition coefficient (Wildman–Crippen LogP) is 16.4. The summed E-state index contributed by atoms with van der Waals surface area (Å²) in [7, 11) is 0. The Morgan fingerprint density at radius 2 is 0.589 bits per heavy atom. The molecule has 2 aromatic heterocycles. The standard InChI is InChI=1S/C54H32S2/c1-2-13-40-39(12-1)41-14-3-4-15-43(41)47-21-11-20-38(54(47)46-19-6-5-16-42(40)46)37-29-35(33-24-26-52-48(31-33)44-17-7-9-22-50(44)55-52)28-36(30-37)34-25-27-53-49(32-34)45-18-8-10-23-51(45)56-53/h1-32H. The van der Waals surface area contributed by atoms with E-state index in [0.717, 1.165) is 0 Å². The highest BCUT2D eigenvalue weighted by Crippen LogP contribution is 2.51. The first kappa shape index (κ1) is 31.7. The van der Waals surface area contributed by atoms with Crippen molar-refractivity contribution in [1.82, 2.24) is 0 Å². The lowest BCUT2D eigenvalue weighted by molar-refractivity contribution is 1.51. The zero-order chi connectivity index (χ0) is 36.7. The SMILES string of the molecule is c1ccc2c(c1)-c1ccccc1-c1cccc(-c3cc(-c4ccc5sc6ccccc6c5c4)cc(-c4ccc5sc6ccccc6c5c4)c3)c1-c1ccccc1-2. The Hall–Kier alpha value is -6.58. The third-order valence-corrected chi connectivity index (χ3v) is 14.0. The lowest BCUT2D eigenvalue weighted by Gasteiger charge is -2.25. The van der Waals surface area contributed by atoms with Gasteiger partial charge in [0.2, 0.25) is 0 Å². The number of hydrogen-bond donors (Lipinski definition) is 0. The molecule has 0 aliphatic heterocycles. The quantitative estimate of drug-likeness (QED) is 0.169. The van der Waals surface area contributed by atoms with Gasteiger partial charge in [0.25, 0.3) is 0 Å². The predicted molar refractivity (Wildman–Crippen MR) is 244 cm³/mol. The lowest BCUT2D eigenvalue weighted by Crippen LogP contribution is -1.99. The van der Waals surface area contributed by atoms with Crippen LogP contribution in [0.4, 0.5) is 0 Å². The lowest BCUT2D eigenvalue weighted by atomic mass is 9.78. The van der Waals surface area contributed by atoms with Gasteiger partial charge in [0.15, 0.2) is 0 Å². The Morgan fingerprint density at radius 1 is 0.214 bits per heavy atom. The molecule has 260 valence electrons. The average molecular weight is 745 g/mol. The first-order valence-electron chi connectivity index (χ1n) is 19.2. The van der Waals surface area contributed by atoms with Crippen LogP contribution >= 0.6 is 22.7 Å². The fraction of sp³-hybridized carbons (Fsp3) is 0. The van der Waals surface area contributed by atoms with Crippen molar-refractivity contribution in [1.29, 1.82) is 0 Å². The summed E-state index contributed by atoms with van der Waals surface area (Å²) in [5.74, 6) is 0. The molecular weight excluding hydrogens is 713 g/mol. The zero-order valence-electron chi connectivity index (χ0n) is 30.3. The molecule has 0 fully saturated rings. The van der Waals surface area contributed by atoms with Gasteiger partial charge >= 0.3 is 0 Å². The maximum absolute atomic E-state index is 2.43. The van der Waals surface area contributed by atoms with Crippen LogP contribution in [0, 0.1) is 0 Å². The summed E-state index contributed by atoms with van der Waals surface area (Å²) >= 11 is 3.74. The molecule has 12 rings (SSSR count). The van der Waals surface area contributed by atoms with Gasteiger partial charge in [0.05, 0.1) is 0 Å². The first-order valence-corrected chi connectivity index (χ1v) is 20.8. The molecule has 0 saturated carbocycles. The van der Waals surface area contributed by atoms with Crippen molar-refractivity contribution in [3.8, 4) is 77.9 Å². The fourth-order valence-corrected chi connectivity index (χ4v) is 11.2. The molecule has 1 aliphatic rings. The van der Waals surface area contributed by atoms with E-state index in [0.29, 0.717) is 0 Å². The molecule has 0 amide bonds. The number of rotatable bonds is 3. The van der Waals surface area contributed by atoms with Crippen molar-refractivity contribution in [2.45, 2.75) is 0 Å². The third kappa shape index (κ3) is 4.90. The van der Waals surface area contributed by atoms with Crippen LogP contribution in [0.5, 0.6) is 0 Å². The van der Waals surface area contributed by atoms with E-state index in [2.05, 4.69) is 194 Å². The second-order valence-corrected chi connectivity index (χ2v) is 16.9. The molecule has 9 aromatic carbocycles. The van der Waals surface area contributed by atoms with Gasteiger partial charge in [-0.1, -0.05) is 140 Å². The zero-order valence-corrected chi connectivity index (χ0v) is 31.9. The molecule has 1 aliphatic carbocycles. The molecule has 2 heteroatoms. The van der Waals surface area contributed by atoms with Crippen molar-refractivity contribution in [2.75, 3.05) is 0 Å². The summed E-state index contributed by atoms with van der Waals surface area (Å²) in [6.45, 7) is 0. The highest BCUT2D eigenvalue weighted by Gasteiger charge is 2.24. The molecular formula is C54H32S2. The maximum Gasteiger partial charge on any atom is 0.0355 e. The van der Waals surface area contributed by atoms with Gasteiger partial charge in [-0.05, 0) is 132 Å². The van der Waals surface area contributed by atoms with Crippen LogP contribution in [0.25, 0.3) is 118 Å². The summed E-state index contributed by atoms with van der Waals surface area (Å²) in [5, 5.41) is 5.27. The summed E-state index contributed by atoms with van der Waals surface area (Å²) in [4.78, 5) is 0. The Balaban J connectivity index is 1.15. The van der Waals surface area contributed by atoms with Crippen LogP contribution in [0.3, 0.4) is 0 Å². The Morgan fingerprint density at radius 3 is 1.12 bits per heavy atom. The second-order valence-electron chi connectivity index (χ2n) is 14.8. The summed E-state index contributed by atoms with van der Waals surface area (Å²) in [6, 6.07) is 72.6. The molecule has 0 unspecified atom stereocenters. The molecule has 0 nitrogen and oxygen atoms in total. The van der Waals surface area contributed by atoms with Crippen molar-refractivity contribution < 1.29 is 0 Å². The van der Waals surface area contributed by atoms with Gasteiger partial charge in [-0.25, -0.2) is 0 Å². The van der Waals surface area contributed by atoms with Crippen molar-refractivity contribution >= 4 is 63.0 Å². The number of thiophene rings is 2. The number of fused-ring (bicyclic) bond motifs is 14. The largest absolute Gasteiger partial charge is 0.135 e. The maximum atomic E-state index is 2.43. The second kappa shape index (κ2) is 12.5. The minimum absolute atomic E-state index is 1.21. The van der Waals surface area contributed by atoms with E-state index >= 15 is 0 Å². The number of benzene rings is 9. The minimum Gasteiger partial charge on any atom is -0.135 e. The van der Waals surface area contributed by atoms with E-state index in [9.17, 15) is 0 Å². The van der Waals surface area contributed by atoms with E-state index in [1.807, 2.05) is 22.7 Å². The third-order valence-electron chi connectivity index (χ3n) is 11.6. The van der Waals surface area contributed by atoms with Crippen molar-refractivity contribution in [2.24, 2.45) is 0 Å². The Bertz CT molecular complexity index is 3240. The molecule has 0 spiro atoms. The highest BCUT2D eigenvalue weighted by molar-refractivity contribution is 7.26. The first-order chi connectivity index (χ1) is 27.7. The molecule has 0 N–H and O–H groups in total. The summed E-state index contributed by atoms with van der Waals surface area (Å²) in [6.07, 6.45) is 0. The molecule has 0 bridgehead atoms. The average Bonchev–Trinajstić information content (AvgIpc) is 3.83. The molecule has 2 heterocycles. The Kier molecular flexibility index (Phi) is 7.07. The van der Waals surface area contributed by atoms with Crippen LogP contribution in [-0.2, 0) is 0 Å². The fourth-order valence-electron chi connectivity index (χ4n) is 9.08. The highest BCUT2D eigenvalue weighted by atomic mass is 32.1. The van der Waals surface area contributed by atoms with Crippen molar-refractivity contribution in [3.05, 3.63) is 194 Å². The molecule has 0 atom stereocenters. The van der Waals surface area contributed by atoms with E-state index in [-0.39, 0.29) is 0 Å². The normalized spacial score (nSPS) is 11.9. The monoisotopic (exact) mass is 744 g/mol. The van der Waals surface area contributed by atoms with Crippen LogP contribution in [0.15, 0.2) is 194 Å². The molecule has 0 radical (unpaired) electrons. The van der Waals surface area contributed by atoms with Gasteiger partial charge in [-0.15, -0.1) is 22.7 Å². The van der Waals surface area contributed by atoms with Crippen molar-refractivity contribution in [3.63, 3.8) is 0 Å². The molecule has 0 saturated heterocycles. The minimum atomic E-state index is 1.21. The van der Waals surface area contributed by atoms with E-state index < -0.39 is 0 Å². The van der Waals surface area contributed by atoms with Gasteiger partial charge in [0.1, 0.15) is 0 Å². The van der Waals surface area contributed by atoms with Crippen LogP contribution in [0.2, 0.25) is 0 Å². The van der Waals surface area contributed by atoms with Gasteiger partial charge in [0, 0.05) is 40.3 Å². The van der Waals surface area contributed by atoms with E-state index in [4.69, 9.17) is 0 Å². The molecule has 56 heavy (non-hydrogen) atoms.